The van der Waals surface area contributed by atoms with Gasteiger partial charge >= 0.3 is 11.9 Å². The van der Waals surface area contributed by atoms with Crippen LogP contribution in [0.15, 0.2) is 73.8 Å². The van der Waals surface area contributed by atoms with Crippen molar-refractivity contribution in [3.8, 4) is 11.5 Å². The average molecular weight is 513 g/mol. The van der Waals surface area contributed by atoms with E-state index in [9.17, 15) is 19.8 Å². The molecule has 0 fully saturated rings. The van der Waals surface area contributed by atoms with Crippen LogP contribution in [0.3, 0.4) is 0 Å². The largest absolute Gasteiger partial charge is 0.491 e. The molecule has 0 aliphatic carbocycles. The summed E-state index contributed by atoms with van der Waals surface area (Å²) in [6.45, 7) is 13.9. The molecule has 0 aliphatic rings. The fourth-order valence-corrected chi connectivity index (χ4v) is 3.37. The molecule has 0 aliphatic heterocycles. The number of hydrogen-bond donors (Lipinski definition) is 2. The minimum absolute atomic E-state index is 0.0539. The summed E-state index contributed by atoms with van der Waals surface area (Å²) in [6, 6.07) is 15.0. The fourth-order valence-electron chi connectivity index (χ4n) is 3.37. The first-order valence-corrected chi connectivity index (χ1v) is 12.0. The van der Waals surface area contributed by atoms with Crippen molar-refractivity contribution in [3.63, 3.8) is 0 Å². The minimum Gasteiger partial charge on any atom is -0.491 e. The third-order valence-electron chi connectivity index (χ3n) is 5.97. The molecule has 0 radical (unpaired) electrons. The summed E-state index contributed by atoms with van der Waals surface area (Å²) in [4.78, 5) is 22.7. The number of aliphatic hydroxyl groups excluding tert-OH is 2. The van der Waals surface area contributed by atoms with Crippen molar-refractivity contribution in [1.82, 2.24) is 0 Å². The molecular formula is C29H36O8. The fraction of sp³-hybridized carbons (Fsp3) is 0.379. The number of rotatable bonds is 14. The molecule has 2 N–H and O–H groups in total. The second kappa shape index (κ2) is 13.6. The third-order valence-corrected chi connectivity index (χ3v) is 5.97. The van der Waals surface area contributed by atoms with Crippen molar-refractivity contribution in [2.45, 2.75) is 57.5 Å². The van der Waals surface area contributed by atoms with Crippen molar-refractivity contribution < 1.29 is 38.7 Å². The maximum atomic E-state index is 11.3. The van der Waals surface area contributed by atoms with Gasteiger partial charge in [0.1, 0.15) is 49.1 Å². The van der Waals surface area contributed by atoms with Crippen LogP contribution in [-0.4, -0.2) is 59.8 Å². The van der Waals surface area contributed by atoms with Crippen LogP contribution in [-0.2, 0) is 24.5 Å². The van der Waals surface area contributed by atoms with Crippen molar-refractivity contribution in [1.29, 1.82) is 0 Å². The SMILES string of the molecule is C=CC(=O)OC(C)C(O)COc1cccc(C(C)(C)c2cccc(OCC(O)C(C)OC(=O)C=C)c2)c1. The van der Waals surface area contributed by atoms with E-state index in [1.165, 1.54) is 0 Å². The summed E-state index contributed by atoms with van der Waals surface area (Å²) in [7, 11) is 0. The highest BCUT2D eigenvalue weighted by molar-refractivity contribution is 5.81. The lowest BCUT2D eigenvalue weighted by Gasteiger charge is -2.27. The van der Waals surface area contributed by atoms with Gasteiger partial charge in [-0.2, -0.15) is 0 Å². The van der Waals surface area contributed by atoms with Gasteiger partial charge in [0, 0.05) is 17.6 Å². The number of carbonyl (C=O) groups excluding carboxylic acids is 2. The van der Waals surface area contributed by atoms with E-state index in [1.807, 2.05) is 36.4 Å². The topological polar surface area (TPSA) is 112 Å². The predicted molar refractivity (Wildman–Crippen MR) is 140 cm³/mol. The summed E-state index contributed by atoms with van der Waals surface area (Å²) in [6.07, 6.45) is -1.43. The highest BCUT2D eigenvalue weighted by atomic mass is 16.6. The number of aliphatic hydroxyl groups is 2. The number of ether oxygens (including phenoxy) is 4. The van der Waals surface area contributed by atoms with Crippen LogP contribution in [0, 0.1) is 0 Å². The molecule has 0 amide bonds. The molecule has 0 bridgehead atoms. The molecule has 0 saturated heterocycles. The third kappa shape index (κ3) is 8.77. The molecule has 8 nitrogen and oxygen atoms in total. The van der Waals surface area contributed by atoms with Crippen LogP contribution in [0.5, 0.6) is 11.5 Å². The Balaban J connectivity index is 2.06. The van der Waals surface area contributed by atoms with Crippen molar-refractivity contribution in [2.75, 3.05) is 13.2 Å². The first kappa shape index (κ1) is 29.6. The Morgan fingerprint density at radius 2 is 1.19 bits per heavy atom. The van der Waals surface area contributed by atoms with Crippen molar-refractivity contribution >= 4 is 11.9 Å². The second-order valence-corrected chi connectivity index (χ2v) is 9.13. The molecule has 200 valence electrons. The van der Waals surface area contributed by atoms with Crippen LogP contribution in [0.25, 0.3) is 0 Å². The van der Waals surface area contributed by atoms with Crippen LogP contribution < -0.4 is 9.47 Å². The van der Waals surface area contributed by atoms with Gasteiger partial charge in [0.2, 0.25) is 0 Å². The Morgan fingerprint density at radius 3 is 1.54 bits per heavy atom. The molecule has 0 heterocycles. The first-order chi connectivity index (χ1) is 17.5. The number of benzene rings is 2. The van der Waals surface area contributed by atoms with E-state index in [0.29, 0.717) is 11.5 Å². The average Bonchev–Trinajstić information content (AvgIpc) is 2.90. The zero-order valence-electron chi connectivity index (χ0n) is 21.8. The summed E-state index contributed by atoms with van der Waals surface area (Å²) >= 11 is 0. The van der Waals surface area contributed by atoms with Gasteiger partial charge in [0.15, 0.2) is 0 Å². The monoisotopic (exact) mass is 512 g/mol. The van der Waals surface area contributed by atoms with Crippen LogP contribution in [0.4, 0.5) is 0 Å². The van der Waals surface area contributed by atoms with E-state index >= 15 is 0 Å². The van der Waals surface area contributed by atoms with Crippen molar-refractivity contribution in [2.24, 2.45) is 0 Å². The zero-order valence-corrected chi connectivity index (χ0v) is 21.8. The Bertz CT molecular complexity index is 994. The van der Waals surface area contributed by atoms with E-state index in [2.05, 4.69) is 27.0 Å². The summed E-state index contributed by atoms with van der Waals surface area (Å²) in [5.74, 6) is -0.0979. The lowest BCUT2D eigenvalue weighted by Crippen LogP contribution is -2.33. The highest BCUT2D eigenvalue weighted by Gasteiger charge is 2.25. The Morgan fingerprint density at radius 1 is 0.811 bits per heavy atom. The maximum Gasteiger partial charge on any atom is 0.330 e. The standard InChI is InChI=1S/C29H36O8/c1-7-27(32)36-19(3)25(30)17-34-23-13-9-11-21(15-23)29(5,6)22-12-10-14-24(16-22)35-18-26(31)20(4)37-28(33)8-2/h7-16,19-20,25-26,30-31H,1-2,17-18H2,3-6H3. The normalized spacial score (nSPS) is 14.4. The molecule has 0 spiro atoms. The molecule has 4 atom stereocenters. The van der Waals surface area contributed by atoms with Crippen LogP contribution in [0.1, 0.15) is 38.8 Å². The van der Waals surface area contributed by atoms with Gasteiger partial charge in [-0.3, -0.25) is 0 Å². The van der Waals surface area contributed by atoms with Gasteiger partial charge < -0.3 is 29.2 Å². The predicted octanol–water partition coefficient (Wildman–Crippen LogP) is 3.73. The number of carbonyl (C=O) groups is 2. The van der Waals surface area contributed by atoms with Gasteiger partial charge in [0.25, 0.3) is 0 Å². The molecule has 2 aromatic rings. The first-order valence-electron chi connectivity index (χ1n) is 12.0. The quantitative estimate of drug-likeness (QED) is 0.291. The summed E-state index contributed by atoms with van der Waals surface area (Å²) < 4.78 is 21.6. The Kier molecular flexibility index (Phi) is 10.9. The zero-order chi connectivity index (χ0) is 27.6. The second-order valence-electron chi connectivity index (χ2n) is 9.13. The van der Waals surface area contributed by atoms with Gasteiger partial charge in [0.05, 0.1) is 0 Å². The van der Waals surface area contributed by atoms with Crippen LogP contribution >= 0.6 is 0 Å². The van der Waals surface area contributed by atoms with E-state index in [4.69, 9.17) is 18.9 Å². The molecule has 0 aromatic heterocycles. The molecule has 2 rings (SSSR count). The Labute approximate surface area is 218 Å². The number of hydrogen-bond acceptors (Lipinski definition) is 8. The molecule has 2 aromatic carbocycles. The molecule has 0 saturated carbocycles. The smallest absolute Gasteiger partial charge is 0.330 e. The molecule has 4 unspecified atom stereocenters. The van der Waals surface area contributed by atoms with Crippen molar-refractivity contribution in [3.05, 3.63) is 85.0 Å². The highest BCUT2D eigenvalue weighted by Crippen LogP contribution is 2.35. The van der Waals surface area contributed by atoms with Crippen LogP contribution in [0.2, 0.25) is 0 Å². The molecule has 8 heteroatoms. The minimum atomic E-state index is -1.01. The van der Waals surface area contributed by atoms with Gasteiger partial charge in [-0.05, 0) is 49.2 Å². The van der Waals surface area contributed by atoms with Gasteiger partial charge in [-0.1, -0.05) is 51.3 Å². The van der Waals surface area contributed by atoms with E-state index in [0.717, 1.165) is 23.3 Å². The lowest BCUT2D eigenvalue weighted by molar-refractivity contribution is -0.149. The maximum absolute atomic E-state index is 11.3. The van der Waals surface area contributed by atoms with Gasteiger partial charge in [-0.15, -0.1) is 0 Å². The van der Waals surface area contributed by atoms with E-state index < -0.39 is 41.8 Å². The number of esters is 2. The van der Waals surface area contributed by atoms with E-state index in [-0.39, 0.29) is 13.2 Å². The molecular weight excluding hydrogens is 476 g/mol. The molecule has 37 heavy (non-hydrogen) atoms. The summed E-state index contributed by atoms with van der Waals surface area (Å²) in [5, 5.41) is 20.5. The summed E-state index contributed by atoms with van der Waals surface area (Å²) in [5.41, 5.74) is 1.50. The lowest BCUT2D eigenvalue weighted by atomic mass is 9.78. The Hall–Kier alpha value is -3.62. The van der Waals surface area contributed by atoms with E-state index in [1.54, 1.807) is 26.0 Å². The van der Waals surface area contributed by atoms with Gasteiger partial charge in [-0.25, -0.2) is 9.59 Å².